The molecule has 1 amide bonds. The predicted octanol–water partition coefficient (Wildman–Crippen LogP) is 4.63. The van der Waals surface area contributed by atoms with Crippen molar-refractivity contribution in [3.63, 3.8) is 0 Å². The summed E-state index contributed by atoms with van der Waals surface area (Å²) in [7, 11) is -1.49. The standard InChI is InChI=1S/C23H31N3O2Si/c1-22(2,3)28-21(27)26-19-7-8-20(26)13-23(12-19,16-24)18-11-17(14-25-15-18)9-10-29(4,5)6/h11,14-15,19-20H,7-8,12-13H2,1-6H3. The minimum absolute atomic E-state index is 0.0278. The molecule has 1 aromatic rings. The van der Waals surface area contributed by atoms with Crippen LogP contribution in [0.1, 0.15) is 57.6 Å². The maximum absolute atomic E-state index is 12.7. The Morgan fingerprint density at radius 2 is 1.86 bits per heavy atom. The summed E-state index contributed by atoms with van der Waals surface area (Å²) in [5.41, 5.74) is 4.00. The van der Waals surface area contributed by atoms with Gasteiger partial charge in [0.1, 0.15) is 13.7 Å². The van der Waals surface area contributed by atoms with Crippen molar-refractivity contribution in [2.45, 2.75) is 89.2 Å². The van der Waals surface area contributed by atoms with Crippen LogP contribution in [-0.4, -0.2) is 41.7 Å². The van der Waals surface area contributed by atoms with Crippen LogP contribution in [0.4, 0.5) is 4.79 Å². The fourth-order valence-electron chi connectivity index (χ4n) is 4.28. The van der Waals surface area contributed by atoms with E-state index in [2.05, 4.69) is 42.2 Å². The van der Waals surface area contributed by atoms with Gasteiger partial charge in [0.05, 0.1) is 11.5 Å². The van der Waals surface area contributed by atoms with Crippen molar-refractivity contribution in [2.75, 3.05) is 0 Å². The zero-order valence-electron chi connectivity index (χ0n) is 18.4. The van der Waals surface area contributed by atoms with Gasteiger partial charge in [0, 0.05) is 30.0 Å². The van der Waals surface area contributed by atoms with E-state index >= 15 is 0 Å². The van der Waals surface area contributed by atoms with Crippen LogP contribution in [0.15, 0.2) is 18.5 Å². The van der Waals surface area contributed by atoms with Crippen molar-refractivity contribution in [3.8, 4) is 17.5 Å². The first-order valence-corrected chi connectivity index (χ1v) is 13.8. The first-order valence-electron chi connectivity index (χ1n) is 10.3. The first-order chi connectivity index (χ1) is 13.4. The number of nitrogens with zero attached hydrogens (tertiary/aromatic N) is 3. The molecule has 29 heavy (non-hydrogen) atoms. The Labute approximate surface area is 175 Å². The maximum Gasteiger partial charge on any atom is 0.410 e. The molecule has 0 spiro atoms. The van der Waals surface area contributed by atoms with Crippen LogP contribution in [0.5, 0.6) is 0 Å². The lowest BCUT2D eigenvalue weighted by Crippen LogP contribution is -2.52. The number of piperidine rings is 1. The zero-order chi connectivity index (χ0) is 21.4. The van der Waals surface area contributed by atoms with Gasteiger partial charge in [0.25, 0.3) is 0 Å². The number of pyridine rings is 1. The van der Waals surface area contributed by atoms with Crippen molar-refractivity contribution in [1.29, 1.82) is 5.26 Å². The van der Waals surface area contributed by atoms with Crippen molar-refractivity contribution in [1.82, 2.24) is 9.88 Å². The van der Waals surface area contributed by atoms with Crippen LogP contribution in [0.2, 0.25) is 19.6 Å². The number of fused-ring (bicyclic) bond motifs is 2. The number of aromatic nitrogens is 1. The molecule has 0 radical (unpaired) electrons. The van der Waals surface area contributed by atoms with Gasteiger partial charge in [-0.3, -0.25) is 4.98 Å². The molecule has 2 unspecified atom stereocenters. The third-order valence-corrected chi connectivity index (χ3v) is 6.35. The number of nitriles is 1. The van der Waals surface area contributed by atoms with E-state index in [0.29, 0.717) is 12.8 Å². The highest BCUT2D eigenvalue weighted by Gasteiger charge is 2.52. The normalized spacial score (nSPS) is 26.3. The van der Waals surface area contributed by atoms with Crippen molar-refractivity contribution in [2.24, 2.45) is 0 Å². The fraction of sp³-hybridized carbons (Fsp3) is 0.609. The number of amides is 1. The lowest BCUT2D eigenvalue weighted by molar-refractivity contribution is 0.00232. The first kappa shape index (κ1) is 21.4. The summed E-state index contributed by atoms with van der Waals surface area (Å²) >= 11 is 0. The highest BCUT2D eigenvalue weighted by Crippen LogP contribution is 2.47. The third kappa shape index (κ3) is 4.82. The summed E-state index contributed by atoms with van der Waals surface area (Å²) in [5, 5.41) is 10.2. The van der Waals surface area contributed by atoms with E-state index in [1.165, 1.54) is 0 Å². The quantitative estimate of drug-likeness (QED) is 0.501. The van der Waals surface area contributed by atoms with Crippen LogP contribution in [-0.2, 0) is 10.2 Å². The molecule has 0 aliphatic carbocycles. The van der Waals surface area contributed by atoms with E-state index in [1.807, 2.05) is 31.7 Å². The van der Waals surface area contributed by atoms with Gasteiger partial charge in [-0.05, 0) is 58.1 Å². The molecule has 3 heterocycles. The summed E-state index contributed by atoms with van der Waals surface area (Å²) in [4.78, 5) is 19.0. The summed E-state index contributed by atoms with van der Waals surface area (Å²) in [5.74, 6) is 3.25. The van der Waals surface area contributed by atoms with Gasteiger partial charge in [-0.25, -0.2) is 4.79 Å². The molecule has 0 N–H and O–H groups in total. The van der Waals surface area contributed by atoms with Gasteiger partial charge in [-0.15, -0.1) is 5.54 Å². The van der Waals surface area contributed by atoms with Gasteiger partial charge in [-0.2, -0.15) is 5.26 Å². The molecular formula is C23H31N3O2Si. The Bertz CT molecular complexity index is 882. The van der Waals surface area contributed by atoms with Crippen LogP contribution >= 0.6 is 0 Å². The molecule has 5 nitrogen and oxygen atoms in total. The second kappa shape index (κ2) is 7.50. The second-order valence-electron chi connectivity index (χ2n) is 10.3. The number of hydrogen-bond acceptors (Lipinski definition) is 4. The number of hydrogen-bond donors (Lipinski definition) is 0. The van der Waals surface area contributed by atoms with Gasteiger partial charge < -0.3 is 9.64 Å². The molecule has 6 heteroatoms. The molecule has 2 aliphatic rings. The highest BCUT2D eigenvalue weighted by molar-refractivity contribution is 6.83. The monoisotopic (exact) mass is 409 g/mol. The summed E-state index contributed by atoms with van der Waals surface area (Å²) in [6.45, 7) is 12.3. The molecule has 2 saturated heterocycles. The molecule has 0 aromatic carbocycles. The zero-order valence-corrected chi connectivity index (χ0v) is 19.4. The van der Waals surface area contributed by atoms with E-state index in [1.54, 1.807) is 12.4 Å². The summed E-state index contributed by atoms with van der Waals surface area (Å²) < 4.78 is 5.63. The Morgan fingerprint density at radius 3 is 2.38 bits per heavy atom. The van der Waals surface area contributed by atoms with E-state index < -0.39 is 19.1 Å². The van der Waals surface area contributed by atoms with Crippen molar-refractivity contribution < 1.29 is 9.53 Å². The molecule has 2 aliphatic heterocycles. The summed E-state index contributed by atoms with van der Waals surface area (Å²) in [6.07, 6.45) is 6.37. The van der Waals surface area contributed by atoms with Crippen LogP contribution in [0.3, 0.4) is 0 Å². The molecule has 2 atom stereocenters. The lowest BCUT2D eigenvalue weighted by Gasteiger charge is -2.43. The molecular weight excluding hydrogens is 378 g/mol. The van der Waals surface area contributed by atoms with E-state index in [0.717, 1.165) is 24.0 Å². The van der Waals surface area contributed by atoms with Crippen LogP contribution in [0, 0.1) is 22.8 Å². The Balaban J connectivity index is 1.87. The fourth-order valence-corrected chi connectivity index (χ4v) is 4.80. The number of carbonyl (C=O) groups excluding carboxylic acids is 1. The average molecular weight is 410 g/mol. The van der Waals surface area contributed by atoms with Gasteiger partial charge in [0.2, 0.25) is 0 Å². The molecule has 0 saturated carbocycles. The highest BCUT2D eigenvalue weighted by atomic mass is 28.3. The largest absolute Gasteiger partial charge is 0.444 e. The van der Waals surface area contributed by atoms with Gasteiger partial charge in [-0.1, -0.05) is 25.6 Å². The van der Waals surface area contributed by atoms with E-state index in [-0.39, 0.29) is 18.2 Å². The SMILES string of the molecule is CC(C)(C)OC(=O)N1C2CCC1CC(C#N)(c1cncc(C#C[Si](C)(C)C)c1)C2. The minimum atomic E-state index is -1.49. The Kier molecular flexibility index (Phi) is 5.53. The van der Waals surface area contributed by atoms with Crippen LogP contribution in [0.25, 0.3) is 0 Å². The molecule has 154 valence electrons. The number of ether oxygens (including phenoxy) is 1. The van der Waals surface area contributed by atoms with E-state index in [9.17, 15) is 10.1 Å². The molecule has 2 bridgehead atoms. The topological polar surface area (TPSA) is 66.2 Å². The van der Waals surface area contributed by atoms with E-state index in [4.69, 9.17) is 4.74 Å². The summed E-state index contributed by atoms with van der Waals surface area (Å²) in [6, 6.07) is 4.66. The molecule has 2 fully saturated rings. The van der Waals surface area contributed by atoms with Gasteiger partial charge >= 0.3 is 6.09 Å². The smallest absolute Gasteiger partial charge is 0.410 e. The average Bonchev–Trinajstić information content (AvgIpc) is 2.89. The van der Waals surface area contributed by atoms with Gasteiger partial charge in [0.15, 0.2) is 0 Å². The Morgan fingerprint density at radius 1 is 1.24 bits per heavy atom. The third-order valence-electron chi connectivity index (χ3n) is 5.48. The number of rotatable bonds is 1. The van der Waals surface area contributed by atoms with Crippen molar-refractivity contribution >= 4 is 14.2 Å². The lowest BCUT2D eigenvalue weighted by atomic mass is 9.71. The predicted molar refractivity (Wildman–Crippen MR) is 116 cm³/mol. The molecule has 1 aromatic heterocycles. The maximum atomic E-state index is 12.7. The Hall–Kier alpha value is -2.31. The molecule has 3 rings (SSSR count). The van der Waals surface area contributed by atoms with Crippen LogP contribution < -0.4 is 0 Å². The van der Waals surface area contributed by atoms with Crippen molar-refractivity contribution in [3.05, 3.63) is 29.6 Å². The number of carbonyl (C=O) groups is 1. The second-order valence-corrected chi connectivity index (χ2v) is 15.1. The minimum Gasteiger partial charge on any atom is -0.444 e.